The fourth-order valence-corrected chi connectivity index (χ4v) is 1.85. The molecule has 0 radical (unpaired) electrons. The van der Waals surface area contributed by atoms with Gasteiger partial charge in [0.2, 0.25) is 0 Å². The summed E-state index contributed by atoms with van der Waals surface area (Å²) < 4.78 is 6.29. The van der Waals surface area contributed by atoms with Crippen molar-refractivity contribution in [3.05, 3.63) is 58.1 Å². The van der Waals surface area contributed by atoms with Crippen molar-refractivity contribution in [3.8, 4) is 11.5 Å². The predicted molar refractivity (Wildman–Crippen MR) is 72.0 cm³/mol. The highest BCUT2D eigenvalue weighted by atomic mass is 79.9. The highest BCUT2D eigenvalue weighted by molar-refractivity contribution is 9.10. The Kier molecular flexibility index (Phi) is 3.99. The average Bonchev–Trinajstić information content (AvgIpc) is 2.38. The van der Waals surface area contributed by atoms with Gasteiger partial charge in [0.1, 0.15) is 18.1 Å². The minimum Gasteiger partial charge on any atom is -0.508 e. The summed E-state index contributed by atoms with van der Waals surface area (Å²) in [5.41, 5.74) is 1.41. The molecule has 0 spiro atoms. The van der Waals surface area contributed by atoms with E-state index < -0.39 is 0 Å². The molecule has 0 saturated carbocycles. The molecule has 0 saturated heterocycles. The van der Waals surface area contributed by atoms with Crippen molar-refractivity contribution in [2.24, 2.45) is 0 Å². The quantitative estimate of drug-likeness (QED) is 0.879. The second-order valence-electron chi connectivity index (χ2n) is 3.76. The molecule has 0 bridgehead atoms. The molecule has 0 heterocycles. The number of aldehydes is 1. The summed E-state index contributed by atoms with van der Waals surface area (Å²) in [6.07, 6.45) is 0.769. The SMILES string of the molecule is O=Cc1cc(OCc2cccc(O)c2)ccc1Br. The summed E-state index contributed by atoms with van der Waals surface area (Å²) in [6.45, 7) is 0.342. The van der Waals surface area contributed by atoms with Gasteiger partial charge in [-0.3, -0.25) is 4.79 Å². The van der Waals surface area contributed by atoms with Gasteiger partial charge in [0, 0.05) is 10.0 Å². The number of hydrogen-bond donors (Lipinski definition) is 1. The van der Waals surface area contributed by atoms with E-state index in [1.165, 1.54) is 0 Å². The highest BCUT2D eigenvalue weighted by Gasteiger charge is 2.02. The predicted octanol–water partition coefficient (Wildman–Crippen LogP) is 3.55. The van der Waals surface area contributed by atoms with E-state index in [4.69, 9.17) is 4.74 Å². The van der Waals surface area contributed by atoms with Crippen LogP contribution < -0.4 is 4.74 Å². The Morgan fingerprint density at radius 3 is 2.78 bits per heavy atom. The Morgan fingerprint density at radius 2 is 2.06 bits per heavy atom. The van der Waals surface area contributed by atoms with Gasteiger partial charge in [-0.25, -0.2) is 0 Å². The third-order valence-corrected chi connectivity index (χ3v) is 3.13. The van der Waals surface area contributed by atoms with E-state index in [0.717, 1.165) is 16.3 Å². The highest BCUT2D eigenvalue weighted by Crippen LogP contribution is 2.22. The first kappa shape index (κ1) is 12.6. The first-order chi connectivity index (χ1) is 8.69. The van der Waals surface area contributed by atoms with Gasteiger partial charge in [-0.2, -0.15) is 0 Å². The average molecular weight is 307 g/mol. The molecule has 0 unspecified atom stereocenters. The van der Waals surface area contributed by atoms with Crippen LogP contribution >= 0.6 is 15.9 Å². The molecule has 0 atom stereocenters. The van der Waals surface area contributed by atoms with Crippen molar-refractivity contribution in [2.45, 2.75) is 6.61 Å². The number of aromatic hydroxyl groups is 1. The zero-order valence-electron chi connectivity index (χ0n) is 9.47. The first-order valence-corrected chi connectivity index (χ1v) is 6.14. The zero-order valence-corrected chi connectivity index (χ0v) is 11.1. The molecule has 92 valence electrons. The zero-order chi connectivity index (χ0) is 13.0. The number of hydrogen-bond acceptors (Lipinski definition) is 3. The fraction of sp³-hybridized carbons (Fsp3) is 0.0714. The Bertz CT molecular complexity index is 567. The van der Waals surface area contributed by atoms with Crippen LogP contribution in [0.2, 0.25) is 0 Å². The number of rotatable bonds is 4. The van der Waals surface area contributed by atoms with Crippen molar-refractivity contribution >= 4 is 22.2 Å². The smallest absolute Gasteiger partial charge is 0.151 e. The van der Waals surface area contributed by atoms with Gasteiger partial charge in [-0.15, -0.1) is 0 Å². The number of carbonyl (C=O) groups excluding carboxylic acids is 1. The lowest BCUT2D eigenvalue weighted by atomic mass is 10.2. The maximum atomic E-state index is 10.8. The number of benzene rings is 2. The van der Waals surface area contributed by atoms with Gasteiger partial charge in [0.05, 0.1) is 0 Å². The van der Waals surface area contributed by atoms with Crippen LogP contribution in [0.3, 0.4) is 0 Å². The largest absolute Gasteiger partial charge is 0.508 e. The molecule has 3 nitrogen and oxygen atoms in total. The van der Waals surface area contributed by atoms with Gasteiger partial charge in [-0.1, -0.05) is 28.1 Å². The number of phenols is 1. The van der Waals surface area contributed by atoms with E-state index in [1.807, 2.05) is 6.07 Å². The lowest BCUT2D eigenvalue weighted by Gasteiger charge is -2.07. The summed E-state index contributed by atoms with van der Waals surface area (Å²) in [4.78, 5) is 10.8. The van der Waals surface area contributed by atoms with Crippen molar-refractivity contribution in [3.63, 3.8) is 0 Å². The third kappa shape index (κ3) is 3.11. The molecule has 2 aromatic carbocycles. The molecule has 0 amide bonds. The van der Waals surface area contributed by atoms with Crippen LogP contribution in [0.15, 0.2) is 46.9 Å². The van der Waals surface area contributed by atoms with Crippen LogP contribution in [0.5, 0.6) is 11.5 Å². The van der Waals surface area contributed by atoms with Crippen molar-refractivity contribution in [1.29, 1.82) is 0 Å². The van der Waals surface area contributed by atoms with E-state index in [0.29, 0.717) is 17.9 Å². The van der Waals surface area contributed by atoms with Crippen molar-refractivity contribution in [1.82, 2.24) is 0 Å². The summed E-state index contributed by atoms with van der Waals surface area (Å²) in [5, 5.41) is 9.32. The lowest BCUT2D eigenvalue weighted by molar-refractivity contribution is 0.112. The van der Waals surface area contributed by atoms with Crippen LogP contribution in [0.4, 0.5) is 0 Å². The van der Waals surface area contributed by atoms with Gasteiger partial charge in [-0.05, 0) is 35.9 Å². The van der Waals surface area contributed by atoms with Crippen LogP contribution in [-0.4, -0.2) is 11.4 Å². The van der Waals surface area contributed by atoms with Crippen LogP contribution in [0.25, 0.3) is 0 Å². The fourth-order valence-electron chi connectivity index (χ4n) is 1.51. The van der Waals surface area contributed by atoms with Crippen LogP contribution in [-0.2, 0) is 6.61 Å². The number of carbonyl (C=O) groups is 1. The van der Waals surface area contributed by atoms with Crippen LogP contribution in [0, 0.1) is 0 Å². The molecule has 1 N–H and O–H groups in total. The summed E-state index contributed by atoms with van der Waals surface area (Å²) in [6, 6.07) is 12.1. The van der Waals surface area contributed by atoms with Gasteiger partial charge < -0.3 is 9.84 Å². The van der Waals surface area contributed by atoms with Gasteiger partial charge >= 0.3 is 0 Å². The molecule has 2 aromatic rings. The Balaban J connectivity index is 2.08. The maximum absolute atomic E-state index is 10.8. The topological polar surface area (TPSA) is 46.5 Å². The Morgan fingerprint density at radius 1 is 1.22 bits per heavy atom. The number of halogens is 1. The van der Waals surface area contributed by atoms with E-state index in [9.17, 15) is 9.90 Å². The molecule has 0 fully saturated rings. The third-order valence-electron chi connectivity index (χ3n) is 2.41. The van der Waals surface area contributed by atoms with Crippen molar-refractivity contribution < 1.29 is 14.6 Å². The van der Waals surface area contributed by atoms with E-state index in [-0.39, 0.29) is 5.75 Å². The van der Waals surface area contributed by atoms with E-state index in [2.05, 4.69) is 15.9 Å². The van der Waals surface area contributed by atoms with E-state index >= 15 is 0 Å². The maximum Gasteiger partial charge on any atom is 0.151 e. The first-order valence-electron chi connectivity index (χ1n) is 5.34. The molecule has 0 aliphatic rings. The minimum atomic E-state index is 0.209. The molecule has 0 aliphatic heterocycles. The molecule has 18 heavy (non-hydrogen) atoms. The molecular weight excluding hydrogens is 296 g/mol. The standard InChI is InChI=1S/C14H11BrO3/c15-14-5-4-13(7-11(14)8-16)18-9-10-2-1-3-12(17)6-10/h1-8,17H,9H2. The van der Waals surface area contributed by atoms with Crippen molar-refractivity contribution in [2.75, 3.05) is 0 Å². The number of phenolic OH excluding ortho intramolecular Hbond substituents is 1. The Hall–Kier alpha value is -1.81. The summed E-state index contributed by atoms with van der Waals surface area (Å²) in [5.74, 6) is 0.823. The van der Waals surface area contributed by atoms with Gasteiger partial charge in [0.25, 0.3) is 0 Å². The monoisotopic (exact) mass is 306 g/mol. The molecule has 0 aliphatic carbocycles. The van der Waals surface area contributed by atoms with Crippen LogP contribution in [0.1, 0.15) is 15.9 Å². The van der Waals surface area contributed by atoms with E-state index in [1.54, 1.807) is 36.4 Å². The molecule has 2 rings (SSSR count). The number of ether oxygens (including phenoxy) is 1. The molecule has 0 aromatic heterocycles. The normalized spacial score (nSPS) is 10.1. The minimum absolute atomic E-state index is 0.209. The molecule has 4 heteroatoms. The second-order valence-corrected chi connectivity index (χ2v) is 4.61. The summed E-state index contributed by atoms with van der Waals surface area (Å²) >= 11 is 3.28. The second kappa shape index (κ2) is 5.69. The Labute approximate surface area is 113 Å². The van der Waals surface area contributed by atoms with Gasteiger partial charge in [0.15, 0.2) is 6.29 Å². The summed E-state index contributed by atoms with van der Waals surface area (Å²) in [7, 11) is 0. The molecular formula is C14H11BrO3. The lowest BCUT2D eigenvalue weighted by Crippen LogP contribution is -1.96.